The van der Waals surface area contributed by atoms with E-state index in [1.165, 1.54) is 51.0 Å². The normalized spacial score (nSPS) is 30.1. The molecule has 1 aromatic carbocycles. The first-order valence-electron chi connectivity index (χ1n) is 7.33. The van der Waals surface area contributed by atoms with Gasteiger partial charge in [0.1, 0.15) is 0 Å². The van der Waals surface area contributed by atoms with E-state index in [4.69, 9.17) is 0 Å². The highest BCUT2D eigenvalue weighted by molar-refractivity contribution is 5.19. The summed E-state index contributed by atoms with van der Waals surface area (Å²) in [4.78, 5) is 2.71. The minimum atomic E-state index is 0.586. The minimum Gasteiger partial charge on any atom is -0.316 e. The molecule has 0 saturated carbocycles. The Kier molecular flexibility index (Phi) is 3.40. The maximum atomic E-state index is 3.55. The lowest BCUT2D eigenvalue weighted by Crippen LogP contribution is -2.31. The predicted octanol–water partition coefficient (Wildman–Crippen LogP) is 2.82. The van der Waals surface area contributed by atoms with Crippen LogP contribution in [-0.2, 0) is 0 Å². The molecule has 1 N–H and O–H groups in total. The van der Waals surface area contributed by atoms with E-state index in [0.29, 0.717) is 11.5 Å². The molecule has 2 unspecified atom stereocenters. The topological polar surface area (TPSA) is 15.3 Å². The van der Waals surface area contributed by atoms with E-state index < -0.39 is 0 Å². The first-order chi connectivity index (χ1) is 8.83. The van der Waals surface area contributed by atoms with Gasteiger partial charge in [-0.3, -0.25) is 4.90 Å². The number of benzene rings is 1. The molecule has 3 rings (SSSR count). The zero-order chi connectivity index (χ0) is 12.4. The van der Waals surface area contributed by atoms with Crippen LogP contribution in [0.3, 0.4) is 0 Å². The summed E-state index contributed by atoms with van der Waals surface area (Å²) in [7, 11) is 0. The molecule has 98 valence electrons. The molecule has 2 fully saturated rings. The van der Waals surface area contributed by atoms with E-state index in [0.717, 1.165) is 0 Å². The van der Waals surface area contributed by atoms with Crippen molar-refractivity contribution in [3.05, 3.63) is 35.9 Å². The molecule has 0 bridgehead atoms. The molecular formula is C16H24N2. The van der Waals surface area contributed by atoms with Crippen LogP contribution < -0.4 is 5.32 Å². The lowest BCUT2D eigenvalue weighted by Gasteiger charge is -2.29. The monoisotopic (exact) mass is 244 g/mol. The summed E-state index contributed by atoms with van der Waals surface area (Å²) in [6, 6.07) is 11.6. The molecule has 2 aliphatic heterocycles. The van der Waals surface area contributed by atoms with Crippen LogP contribution >= 0.6 is 0 Å². The van der Waals surface area contributed by atoms with Gasteiger partial charge in [0.25, 0.3) is 0 Å². The highest BCUT2D eigenvalue weighted by Crippen LogP contribution is 2.40. The third kappa shape index (κ3) is 2.19. The van der Waals surface area contributed by atoms with Gasteiger partial charge in [-0.05, 0) is 43.3 Å². The third-order valence-corrected chi connectivity index (χ3v) is 4.81. The second-order valence-electron chi connectivity index (χ2n) is 5.98. The zero-order valence-corrected chi connectivity index (χ0v) is 11.4. The lowest BCUT2D eigenvalue weighted by atomic mass is 9.86. The fraction of sp³-hybridized carbons (Fsp3) is 0.625. The van der Waals surface area contributed by atoms with Crippen molar-refractivity contribution in [3.8, 4) is 0 Å². The summed E-state index contributed by atoms with van der Waals surface area (Å²) >= 11 is 0. The molecule has 1 aromatic rings. The Morgan fingerprint density at radius 3 is 2.78 bits per heavy atom. The van der Waals surface area contributed by atoms with E-state index in [1.807, 2.05) is 0 Å². The molecule has 2 atom stereocenters. The van der Waals surface area contributed by atoms with Gasteiger partial charge in [0.15, 0.2) is 0 Å². The van der Waals surface area contributed by atoms with Crippen molar-refractivity contribution in [2.45, 2.75) is 32.2 Å². The van der Waals surface area contributed by atoms with Gasteiger partial charge in [-0.2, -0.15) is 0 Å². The quantitative estimate of drug-likeness (QED) is 0.879. The zero-order valence-electron chi connectivity index (χ0n) is 11.4. The van der Waals surface area contributed by atoms with Gasteiger partial charge in [0.05, 0.1) is 0 Å². The first kappa shape index (κ1) is 12.2. The molecule has 0 aliphatic carbocycles. The van der Waals surface area contributed by atoms with E-state index in [1.54, 1.807) is 0 Å². The van der Waals surface area contributed by atoms with Crippen molar-refractivity contribution in [2.75, 3.05) is 26.2 Å². The van der Waals surface area contributed by atoms with Gasteiger partial charge in [-0.1, -0.05) is 37.3 Å². The van der Waals surface area contributed by atoms with Crippen molar-refractivity contribution in [1.82, 2.24) is 10.2 Å². The maximum absolute atomic E-state index is 3.55. The smallest absolute Gasteiger partial charge is 0.0345 e. The van der Waals surface area contributed by atoms with Crippen LogP contribution in [0.1, 0.15) is 37.8 Å². The number of hydrogen-bond donors (Lipinski definition) is 1. The number of nitrogens with zero attached hydrogens (tertiary/aromatic N) is 1. The molecule has 18 heavy (non-hydrogen) atoms. The van der Waals surface area contributed by atoms with Crippen molar-refractivity contribution in [1.29, 1.82) is 0 Å². The standard InChI is InChI=1S/C16H24N2/c1-2-15(14-6-4-3-5-7-14)18-11-9-16(13-18)8-10-17-12-16/h3-7,15,17H,2,8-13H2,1H3. The van der Waals surface area contributed by atoms with Crippen LogP contribution in [0.25, 0.3) is 0 Å². The average molecular weight is 244 g/mol. The Hall–Kier alpha value is -0.860. The van der Waals surface area contributed by atoms with Crippen LogP contribution in [0.4, 0.5) is 0 Å². The molecule has 0 aromatic heterocycles. The molecule has 0 amide bonds. The summed E-state index contributed by atoms with van der Waals surface area (Å²) in [5, 5.41) is 3.55. The van der Waals surface area contributed by atoms with E-state index in [2.05, 4.69) is 47.5 Å². The summed E-state index contributed by atoms with van der Waals surface area (Å²) in [5.74, 6) is 0. The molecular weight excluding hydrogens is 220 g/mol. The third-order valence-electron chi connectivity index (χ3n) is 4.81. The Balaban J connectivity index is 1.74. The largest absolute Gasteiger partial charge is 0.316 e. The van der Waals surface area contributed by atoms with E-state index >= 15 is 0 Å². The highest BCUT2D eigenvalue weighted by Gasteiger charge is 2.41. The van der Waals surface area contributed by atoms with Gasteiger partial charge in [-0.15, -0.1) is 0 Å². The SMILES string of the molecule is CCC(c1ccccc1)N1CCC2(CCNC2)C1. The summed E-state index contributed by atoms with van der Waals surface area (Å²) in [6.07, 6.45) is 3.96. The van der Waals surface area contributed by atoms with E-state index in [-0.39, 0.29) is 0 Å². The summed E-state index contributed by atoms with van der Waals surface area (Å²) in [5.41, 5.74) is 2.07. The fourth-order valence-electron chi connectivity index (χ4n) is 3.76. The molecule has 2 nitrogen and oxygen atoms in total. The molecule has 2 heteroatoms. The van der Waals surface area contributed by atoms with Crippen LogP contribution in [-0.4, -0.2) is 31.1 Å². The van der Waals surface area contributed by atoms with Crippen LogP contribution in [0, 0.1) is 5.41 Å². The van der Waals surface area contributed by atoms with E-state index in [9.17, 15) is 0 Å². The fourth-order valence-corrected chi connectivity index (χ4v) is 3.76. The molecule has 2 heterocycles. The molecule has 0 radical (unpaired) electrons. The van der Waals surface area contributed by atoms with Crippen LogP contribution in [0.2, 0.25) is 0 Å². The number of likely N-dealkylation sites (tertiary alicyclic amines) is 1. The number of nitrogens with one attached hydrogen (secondary N) is 1. The summed E-state index contributed by atoms with van der Waals surface area (Å²) in [6.45, 7) is 7.32. The van der Waals surface area contributed by atoms with Gasteiger partial charge in [0, 0.05) is 19.1 Å². The average Bonchev–Trinajstić information content (AvgIpc) is 3.03. The first-order valence-corrected chi connectivity index (χ1v) is 7.33. The van der Waals surface area contributed by atoms with Gasteiger partial charge < -0.3 is 5.32 Å². The van der Waals surface area contributed by atoms with Gasteiger partial charge >= 0.3 is 0 Å². The second-order valence-corrected chi connectivity index (χ2v) is 5.98. The van der Waals surface area contributed by atoms with Crippen molar-refractivity contribution in [2.24, 2.45) is 5.41 Å². The molecule has 1 spiro atoms. The Morgan fingerprint density at radius 2 is 2.11 bits per heavy atom. The number of rotatable bonds is 3. The molecule has 2 aliphatic rings. The van der Waals surface area contributed by atoms with Crippen molar-refractivity contribution >= 4 is 0 Å². The highest BCUT2D eigenvalue weighted by atomic mass is 15.2. The molecule has 2 saturated heterocycles. The maximum Gasteiger partial charge on any atom is 0.0345 e. The Bertz CT molecular complexity index is 381. The second kappa shape index (κ2) is 5.02. The van der Waals surface area contributed by atoms with Crippen LogP contribution in [0.5, 0.6) is 0 Å². The number of hydrogen-bond acceptors (Lipinski definition) is 2. The van der Waals surface area contributed by atoms with Crippen LogP contribution in [0.15, 0.2) is 30.3 Å². The van der Waals surface area contributed by atoms with Crippen molar-refractivity contribution < 1.29 is 0 Å². The van der Waals surface area contributed by atoms with Crippen molar-refractivity contribution in [3.63, 3.8) is 0 Å². The minimum absolute atomic E-state index is 0.586. The Labute approximate surface area is 110 Å². The van der Waals surface area contributed by atoms with Gasteiger partial charge in [0.2, 0.25) is 0 Å². The summed E-state index contributed by atoms with van der Waals surface area (Å²) < 4.78 is 0. The van der Waals surface area contributed by atoms with Gasteiger partial charge in [-0.25, -0.2) is 0 Å². The predicted molar refractivity (Wildman–Crippen MR) is 75.6 cm³/mol. The lowest BCUT2D eigenvalue weighted by molar-refractivity contribution is 0.206. The Morgan fingerprint density at radius 1 is 1.28 bits per heavy atom.